The number of halogens is 1. The topological polar surface area (TPSA) is 52.3 Å². The Labute approximate surface area is 96.8 Å². The summed E-state index contributed by atoms with van der Waals surface area (Å²) < 4.78 is 9.92. The molecule has 0 aliphatic rings. The monoisotopic (exact) mass is 237 g/mol. The number of carbonyl (C=O) groups is 1. The minimum atomic E-state index is 0.362. The second kappa shape index (κ2) is 4.37. The minimum Gasteiger partial charge on any atom is -0.496 e. The zero-order valence-corrected chi connectivity index (χ0v) is 9.19. The first kappa shape index (κ1) is 10.7. The summed E-state index contributed by atoms with van der Waals surface area (Å²) in [6.07, 6.45) is 1.95. The number of aromatic nitrogens is 1. The van der Waals surface area contributed by atoms with Gasteiger partial charge in [-0.05, 0) is 18.2 Å². The van der Waals surface area contributed by atoms with Gasteiger partial charge in [-0.1, -0.05) is 16.8 Å². The van der Waals surface area contributed by atoms with Crippen LogP contribution in [0.25, 0.3) is 11.3 Å². The Balaban J connectivity index is 2.62. The molecule has 2 rings (SSSR count). The van der Waals surface area contributed by atoms with E-state index in [2.05, 4.69) is 5.16 Å². The third kappa shape index (κ3) is 1.79. The molecule has 1 aromatic carbocycles. The van der Waals surface area contributed by atoms with Crippen LogP contribution in [0.4, 0.5) is 0 Å². The summed E-state index contributed by atoms with van der Waals surface area (Å²) in [6.45, 7) is 0. The SMILES string of the molecule is COc1ccc(Cl)cc1-c1nocc1C=O. The lowest BCUT2D eigenvalue weighted by atomic mass is 10.1. The zero-order chi connectivity index (χ0) is 11.5. The highest BCUT2D eigenvalue weighted by molar-refractivity contribution is 6.31. The Morgan fingerprint density at radius 3 is 3.00 bits per heavy atom. The van der Waals surface area contributed by atoms with Gasteiger partial charge in [0.05, 0.1) is 12.7 Å². The van der Waals surface area contributed by atoms with Crippen LogP contribution < -0.4 is 4.74 Å². The summed E-state index contributed by atoms with van der Waals surface area (Å²) in [4.78, 5) is 10.8. The van der Waals surface area contributed by atoms with Crippen LogP contribution in [-0.2, 0) is 0 Å². The van der Waals surface area contributed by atoms with Crippen molar-refractivity contribution in [1.29, 1.82) is 0 Å². The van der Waals surface area contributed by atoms with E-state index in [1.807, 2.05) is 0 Å². The second-order valence-corrected chi connectivity index (χ2v) is 3.52. The number of ether oxygens (including phenoxy) is 1. The molecule has 0 saturated carbocycles. The van der Waals surface area contributed by atoms with Crippen molar-refractivity contribution >= 4 is 17.9 Å². The standard InChI is InChI=1S/C11H8ClNO3/c1-15-10-3-2-8(12)4-9(10)11-7(5-14)6-16-13-11/h2-6H,1H3. The van der Waals surface area contributed by atoms with Crippen molar-refractivity contribution in [2.24, 2.45) is 0 Å². The molecule has 0 unspecified atom stereocenters. The quantitative estimate of drug-likeness (QED) is 0.771. The van der Waals surface area contributed by atoms with Crippen molar-refractivity contribution in [2.45, 2.75) is 0 Å². The van der Waals surface area contributed by atoms with Crippen molar-refractivity contribution in [3.8, 4) is 17.0 Å². The highest BCUT2D eigenvalue weighted by Gasteiger charge is 2.14. The molecule has 0 amide bonds. The first-order valence-electron chi connectivity index (χ1n) is 4.49. The molecule has 4 nitrogen and oxygen atoms in total. The number of hydrogen-bond donors (Lipinski definition) is 0. The molecular formula is C11H8ClNO3. The smallest absolute Gasteiger partial charge is 0.155 e. The number of benzene rings is 1. The predicted molar refractivity (Wildman–Crippen MR) is 58.9 cm³/mol. The number of hydrogen-bond acceptors (Lipinski definition) is 4. The van der Waals surface area contributed by atoms with E-state index >= 15 is 0 Å². The molecule has 82 valence electrons. The number of aldehydes is 1. The Morgan fingerprint density at radius 1 is 1.50 bits per heavy atom. The Bertz CT molecular complexity index is 522. The van der Waals surface area contributed by atoms with E-state index in [1.54, 1.807) is 18.2 Å². The van der Waals surface area contributed by atoms with Crippen LogP contribution in [0.15, 0.2) is 29.0 Å². The van der Waals surface area contributed by atoms with E-state index in [0.29, 0.717) is 33.9 Å². The molecule has 5 heteroatoms. The van der Waals surface area contributed by atoms with Crippen LogP contribution in [0, 0.1) is 0 Å². The van der Waals surface area contributed by atoms with E-state index in [4.69, 9.17) is 20.9 Å². The highest BCUT2D eigenvalue weighted by atomic mass is 35.5. The van der Waals surface area contributed by atoms with Gasteiger partial charge in [-0.15, -0.1) is 0 Å². The molecule has 0 bridgehead atoms. The molecule has 0 spiro atoms. The molecular weight excluding hydrogens is 230 g/mol. The van der Waals surface area contributed by atoms with Gasteiger partial charge in [0, 0.05) is 10.6 Å². The predicted octanol–water partition coefficient (Wildman–Crippen LogP) is 2.82. The van der Waals surface area contributed by atoms with Gasteiger partial charge in [0.15, 0.2) is 6.29 Å². The van der Waals surface area contributed by atoms with Gasteiger partial charge in [-0.25, -0.2) is 0 Å². The molecule has 0 aliphatic carbocycles. The average Bonchev–Trinajstić information content (AvgIpc) is 2.76. The van der Waals surface area contributed by atoms with Crippen molar-refractivity contribution in [3.63, 3.8) is 0 Å². The van der Waals surface area contributed by atoms with Crippen LogP contribution >= 0.6 is 11.6 Å². The van der Waals surface area contributed by atoms with Crippen molar-refractivity contribution < 1.29 is 14.1 Å². The maximum atomic E-state index is 10.8. The number of methoxy groups -OCH3 is 1. The fourth-order valence-corrected chi connectivity index (χ4v) is 1.57. The maximum absolute atomic E-state index is 10.8. The highest BCUT2D eigenvalue weighted by Crippen LogP contribution is 2.32. The minimum absolute atomic E-state index is 0.362. The summed E-state index contributed by atoms with van der Waals surface area (Å²) in [5.41, 5.74) is 1.42. The van der Waals surface area contributed by atoms with Gasteiger partial charge in [-0.2, -0.15) is 0 Å². The van der Waals surface area contributed by atoms with Crippen LogP contribution in [0.1, 0.15) is 10.4 Å². The lowest BCUT2D eigenvalue weighted by molar-refractivity contribution is 0.112. The lowest BCUT2D eigenvalue weighted by Gasteiger charge is -2.06. The van der Waals surface area contributed by atoms with E-state index < -0.39 is 0 Å². The van der Waals surface area contributed by atoms with Crippen LogP contribution in [0.3, 0.4) is 0 Å². The fourth-order valence-electron chi connectivity index (χ4n) is 1.40. The largest absolute Gasteiger partial charge is 0.496 e. The summed E-state index contributed by atoms with van der Waals surface area (Å²) in [7, 11) is 1.54. The molecule has 0 radical (unpaired) electrons. The molecule has 1 heterocycles. The summed E-state index contributed by atoms with van der Waals surface area (Å²) >= 11 is 5.88. The molecule has 16 heavy (non-hydrogen) atoms. The average molecular weight is 238 g/mol. The number of carbonyl (C=O) groups excluding carboxylic acids is 1. The Hall–Kier alpha value is -1.81. The van der Waals surface area contributed by atoms with Gasteiger partial charge < -0.3 is 9.26 Å². The van der Waals surface area contributed by atoms with Gasteiger partial charge in [-0.3, -0.25) is 4.79 Å². The molecule has 0 saturated heterocycles. The summed E-state index contributed by atoms with van der Waals surface area (Å²) in [5.74, 6) is 0.585. The maximum Gasteiger partial charge on any atom is 0.155 e. The third-order valence-corrected chi connectivity index (χ3v) is 2.38. The Morgan fingerprint density at radius 2 is 2.31 bits per heavy atom. The van der Waals surface area contributed by atoms with Crippen LogP contribution in [0.5, 0.6) is 5.75 Å². The third-order valence-electron chi connectivity index (χ3n) is 2.14. The van der Waals surface area contributed by atoms with Crippen molar-refractivity contribution in [1.82, 2.24) is 5.16 Å². The van der Waals surface area contributed by atoms with Crippen molar-refractivity contribution in [3.05, 3.63) is 35.0 Å². The van der Waals surface area contributed by atoms with Gasteiger partial charge in [0.25, 0.3) is 0 Å². The van der Waals surface area contributed by atoms with E-state index in [9.17, 15) is 4.79 Å². The second-order valence-electron chi connectivity index (χ2n) is 3.08. The molecule has 2 aromatic rings. The fraction of sp³-hybridized carbons (Fsp3) is 0.0909. The summed E-state index contributed by atoms with van der Waals surface area (Å²) in [6, 6.07) is 5.08. The lowest BCUT2D eigenvalue weighted by Crippen LogP contribution is -1.90. The molecule has 0 atom stereocenters. The molecule has 1 aromatic heterocycles. The van der Waals surface area contributed by atoms with Crippen LogP contribution in [0.2, 0.25) is 5.02 Å². The number of nitrogens with zero attached hydrogens (tertiary/aromatic N) is 1. The van der Waals surface area contributed by atoms with E-state index in [-0.39, 0.29) is 0 Å². The summed E-state index contributed by atoms with van der Waals surface area (Å²) in [5, 5.41) is 4.30. The first-order valence-corrected chi connectivity index (χ1v) is 4.87. The Kier molecular flexibility index (Phi) is 2.92. The number of rotatable bonds is 3. The molecule has 0 aliphatic heterocycles. The molecule has 0 N–H and O–H groups in total. The van der Waals surface area contributed by atoms with Gasteiger partial charge >= 0.3 is 0 Å². The first-order chi connectivity index (χ1) is 7.76. The van der Waals surface area contributed by atoms with E-state index in [0.717, 1.165) is 0 Å². The molecule has 0 fully saturated rings. The van der Waals surface area contributed by atoms with Crippen molar-refractivity contribution in [2.75, 3.05) is 7.11 Å². The van der Waals surface area contributed by atoms with E-state index in [1.165, 1.54) is 13.4 Å². The zero-order valence-electron chi connectivity index (χ0n) is 8.44. The normalized spacial score (nSPS) is 10.1. The van der Waals surface area contributed by atoms with Gasteiger partial charge in [0.2, 0.25) is 0 Å². The van der Waals surface area contributed by atoms with Crippen LogP contribution in [-0.4, -0.2) is 18.6 Å². The van der Waals surface area contributed by atoms with Gasteiger partial charge in [0.1, 0.15) is 17.7 Å².